The molecule has 0 aromatic heterocycles. The van der Waals surface area contributed by atoms with E-state index in [2.05, 4.69) is 38.2 Å². The fourth-order valence-electron chi connectivity index (χ4n) is 9.98. The monoisotopic (exact) mass is 803 g/mol. The van der Waals surface area contributed by atoms with E-state index in [9.17, 15) is 29.2 Å². The first-order valence-corrected chi connectivity index (χ1v) is 20.9. The molecule has 58 heavy (non-hydrogen) atoms. The molecule has 0 radical (unpaired) electrons. The zero-order chi connectivity index (χ0) is 40.1. The van der Waals surface area contributed by atoms with E-state index in [1.54, 1.807) is 24.3 Å². The minimum atomic E-state index is -0.975. The second-order valence-corrected chi connectivity index (χ2v) is 16.9. The number of fused-ring (bicyclic) bond motifs is 3. The third-order valence-corrected chi connectivity index (χ3v) is 13.4. The molecular weight excluding hydrogens is 758 g/mol. The summed E-state index contributed by atoms with van der Waals surface area (Å²) >= 11 is 6.24. The van der Waals surface area contributed by atoms with Crippen molar-refractivity contribution in [1.29, 1.82) is 5.26 Å². The average molecular weight is 804 g/mol. The van der Waals surface area contributed by atoms with E-state index >= 15 is 0 Å². The van der Waals surface area contributed by atoms with E-state index in [1.807, 2.05) is 29.2 Å². The van der Waals surface area contributed by atoms with Gasteiger partial charge in [-0.2, -0.15) is 5.26 Å². The highest BCUT2D eigenvalue weighted by molar-refractivity contribution is 6.31. The minimum Gasteiger partial charge on any atom is -0.490 e. The second-order valence-electron chi connectivity index (χ2n) is 16.5. The molecular formula is C44H46ClN7O6. The van der Waals surface area contributed by atoms with Crippen molar-refractivity contribution in [2.75, 3.05) is 55.6 Å². The van der Waals surface area contributed by atoms with Crippen molar-refractivity contribution >= 4 is 52.5 Å². The van der Waals surface area contributed by atoms with Crippen LogP contribution in [0.2, 0.25) is 5.02 Å². The van der Waals surface area contributed by atoms with Crippen LogP contribution in [0, 0.1) is 17.2 Å². The molecule has 9 rings (SSSR count). The number of rotatable bonds is 8. The molecule has 0 spiro atoms. The van der Waals surface area contributed by atoms with Crippen molar-refractivity contribution in [1.82, 2.24) is 20.0 Å². The Bertz CT molecular complexity index is 2180. The van der Waals surface area contributed by atoms with Crippen LogP contribution < -0.4 is 19.9 Å². The van der Waals surface area contributed by atoms with E-state index in [1.165, 1.54) is 0 Å². The number of carbonyl (C=O) groups excluding carboxylic acids is 5. The van der Waals surface area contributed by atoms with Gasteiger partial charge in [0.2, 0.25) is 11.8 Å². The summed E-state index contributed by atoms with van der Waals surface area (Å²) in [5.74, 6) is -0.685. The summed E-state index contributed by atoms with van der Waals surface area (Å²) in [6.07, 6.45) is 6.34. The van der Waals surface area contributed by atoms with E-state index in [-0.39, 0.29) is 24.9 Å². The Balaban J connectivity index is 0.729. The van der Waals surface area contributed by atoms with Crippen molar-refractivity contribution < 1.29 is 28.7 Å². The van der Waals surface area contributed by atoms with Gasteiger partial charge in [0.05, 0.1) is 21.7 Å². The molecule has 4 atom stereocenters. The molecule has 6 aliphatic heterocycles. The smallest absolute Gasteiger partial charge is 0.262 e. The molecule has 0 saturated carbocycles. The Morgan fingerprint density at radius 2 is 1.48 bits per heavy atom. The van der Waals surface area contributed by atoms with Crippen molar-refractivity contribution in [2.24, 2.45) is 5.92 Å². The van der Waals surface area contributed by atoms with Gasteiger partial charge in [0.1, 0.15) is 24.0 Å². The maximum Gasteiger partial charge on any atom is 0.262 e. The molecule has 6 heterocycles. The van der Waals surface area contributed by atoms with E-state index in [4.69, 9.17) is 16.3 Å². The number of nitrogens with zero attached hydrogens (tertiary/aromatic N) is 6. The summed E-state index contributed by atoms with van der Waals surface area (Å²) in [6.45, 7) is 5.70. The molecule has 0 aliphatic carbocycles. The van der Waals surface area contributed by atoms with Crippen LogP contribution in [-0.2, 0) is 9.59 Å². The highest BCUT2D eigenvalue weighted by atomic mass is 35.5. The molecule has 5 fully saturated rings. The molecule has 3 aromatic rings. The van der Waals surface area contributed by atoms with Crippen LogP contribution in [0.5, 0.6) is 5.75 Å². The molecule has 1 unspecified atom stereocenters. The number of nitrogens with one attached hydrogen (secondary N) is 1. The van der Waals surface area contributed by atoms with Crippen LogP contribution in [0.25, 0.3) is 0 Å². The molecule has 5 amide bonds. The molecule has 2 bridgehead atoms. The maximum absolute atomic E-state index is 13.6. The molecule has 3 aromatic carbocycles. The summed E-state index contributed by atoms with van der Waals surface area (Å²) in [5.41, 5.74) is 3.79. The first kappa shape index (κ1) is 38.1. The number of ether oxygens (including phenoxy) is 1. The summed E-state index contributed by atoms with van der Waals surface area (Å²) in [7, 11) is 0. The average Bonchev–Trinajstić information content (AvgIpc) is 3.65. The number of carbonyl (C=O) groups is 5. The van der Waals surface area contributed by atoms with Gasteiger partial charge in [-0.3, -0.25) is 39.1 Å². The SMILES string of the molecule is N#Cc1ccc(O[C@H]2C[C@H]3CC[C@@H](C2)N3c2ccc(C(=O)N3CCN(CC4CCN(c5ccc6c(c5)C(=O)N(C5CCC(=O)NC5=O)C6=O)CC4)CC3)cc2)cc1Cl. The van der Waals surface area contributed by atoms with Crippen LogP contribution in [-0.4, -0.2) is 114 Å². The number of halogens is 1. The molecule has 13 nitrogen and oxygen atoms in total. The minimum absolute atomic E-state index is 0.0745. The zero-order valence-electron chi connectivity index (χ0n) is 32.3. The van der Waals surface area contributed by atoms with Crippen molar-refractivity contribution in [3.05, 3.63) is 87.9 Å². The van der Waals surface area contributed by atoms with Crippen molar-refractivity contribution in [3.63, 3.8) is 0 Å². The Hall–Kier alpha value is -5.45. The van der Waals surface area contributed by atoms with Gasteiger partial charge in [-0.05, 0) is 92.6 Å². The molecule has 300 valence electrons. The van der Waals surface area contributed by atoms with Crippen LogP contribution >= 0.6 is 11.6 Å². The first-order valence-electron chi connectivity index (χ1n) is 20.5. The molecule has 6 aliphatic rings. The number of hydrogen-bond donors (Lipinski definition) is 1. The van der Waals surface area contributed by atoms with Gasteiger partial charge in [-0.15, -0.1) is 0 Å². The number of hydrogen-bond acceptors (Lipinski definition) is 10. The molecule has 1 N–H and O–H groups in total. The van der Waals surface area contributed by atoms with Crippen LogP contribution in [0.15, 0.2) is 60.7 Å². The molecule has 14 heteroatoms. The lowest BCUT2D eigenvalue weighted by Crippen LogP contribution is -2.54. The van der Waals surface area contributed by atoms with E-state index < -0.39 is 29.7 Å². The normalized spacial score (nSPS) is 25.2. The first-order chi connectivity index (χ1) is 28.1. The summed E-state index contributed by atoms with van der Waals surface area (Å²) < 4.78 is 6.32. The van der Waals surface area contributed by atoms with Crippen molar-refractivity contribution in [2.45, 2.75) is 75.6 Å². The Labute approximate surface area is 342 Å². The number of piperidine rings is 3. The van der Waals surface area contributed by atoms with Gasteiger partial charge in [-0.25, -0.2) is 0 Å². The number of anilines is 2. The highest BCUT2D eigenvalue weighted by Crippen LogP contribution is 2.41. The van der Waals surface area contributed by atoms with Crippen LogP contribution in [0.3, 0.4) is 0 Å². The largest absolute Gasteiger partial charge is 0.490 e. The standard InChI is InChI=1S/C44H46ClN7O6/c45-38-24-34(9-3-29(38)25-46)58-35-21-32-6-7-33(22-35)51(32)30-4-1-28(2-5-30)42(55)50-19-17-48(18-20-50)26-27-13-15-49(16-14-27)31-8-10-36-37(23-31)44(57)52(43(36)56)39-11-12-40(53)47-41(39)54/h1-5,8-10,23-24,27,32-33,35,39H,6-7,11-22,26H2,(H,47,53,54)/t32-,33+,35+,39?. The van der Waals surface area contributed by atoms with Gasteiger partial charge in [0.25, 0.3) is 17.7 Å². The number of imide groups is 2. The van der Waals surface area contributed by atoms with Gasteiger partial charge in [0.15, 0.2) is 0 Å². The predicted molar refractivity (Wildman–Crippen MR) is 216 cm³/mol. The second kappa shape index (κ2) is 15.7. The van der Waals surface area contributed by atoms with Gasteiger partial charge in [-0.1, -0.05) is 11.6 Å². The summed E-state index contributed by atoms with van der Waals surface area (Å²) in [4.78, 5) is 74.3. The number of benzene rings is 3. The van der Waals surface area contributed by atoms with Gasteiger partial charge < -0.3 is 19.4 Å². The third-order valence-electron chi connectivity index (χ3n) is 13.0. The predicted octanol–water partition coefficient (Wildman–Crippen LogP) is 4.87. The van der Waals surface area contributed by atoms with Crippen molar-refractivity contribution in [3.8, 4) is 11.8 Å². The fraction of sp³-hybridized carbons (Fsp3) is 0.455. The summed E-state index contributed by atoms with van der Waals surface area (Å²) in [5, 5.41) is 11.8. The Kier molecular flexibility index (Phi) is 10.3. The highest BCUT2D eigenvalue weighted by Gasteiger charge is 2.45. The van der Waals surface area contributed by atoms with E-state index in [0.717, 1.165) is 87.5 Å². The van der Waals surface area contributed by atoms with Crippen LogP contribution in [0.4, 0.5) is 11.4 Å². The zero-order valence-corrected chi connectivity index (χ0v) is 33.0. The lowest BCUT2D eigenvalue weighted by Gasteiger charge is -2.40. The topological polar surface area (TPSA) is 147 Å². The summed E-state index contributed by atoms with van der Waals surface area (Å²) in [6, 6.07) is 20.6. The quantitative estimate of drug-likeness (QED) is 0.313. The van der Waals surface area contributed by atoms with E-state index in [0.29, 0.717) is 64.1 Å². The number of amides is 5. The third kappa shape index (κ3) is 7.28. The number of piperazine rings is 1. The fourth-order valence-corrected chi connectivity index (χ4v) is 10.2. The Morgan fingerprint density at radius 3 is 2.16 bits per heavy atom. The van der Waals surface area contributed by atoms with Crippen LogP contribution in [0.1, 0.15) is 88.0 Å². The van der Waals surface area contributed by atoms with Gasteiger partial charge in [0, 0.05) is 100 Å². The lowest BCUT2D eigenvalue weighted by molar-refractivity contribution is -0.136. The van der Waals surface area contributed by atoms with Gasteiger partial charge >= 0.3 is 0 Å². The maximum atomic E-state index is 13.6. The lowest BCUT2D eigenvalue weighted by atomic mass is 9.95. The number of nitriles is 1. The Morgan fingerprint density at radius 1 is 0.793 bits per heavy atom. The molecule has 5 saturated heterocycles.